The van der Waals surface area contributed by atoms with Crippen molar-refractivity contribution < 1.29 is 22.7 Å². The monoisotopic (exact) mass is 287 g/mol. The molecule has 0 N–H and O–H groups in total. The van der Waals surface area contributed by atoms with E-state index in [0.717, 1.165) is 12.8 Å². The zero-order valence-corrected chi connectivity index (χ0v) is 11.2. The molecule has 0 bridgehead atoms. The summed E-state index contributed by atoms with van der Waals surface area (Å²) in [5.41, 5.74) is 0.698. The van der Waals surface area contributed by atoms with Gasteiger partial charge < -0.3 is 4.74 Å². The minimum absolute atomic E-state index is 0.00538. The van der Waals surface area contributed by atoms with Crippen LogP contribution in [0.5, 0.6) is 0 Å². The molecule has 0 spiro atoms. The molecular weight excluding hydrogens is 271 g/mol. The Hall–Kier alpha value is -1.27. The van der Waals surface area contributed by atoms with Crippen LogP contribution >= 0.6 is 0 Å². The van der Waals surface area contributed by atoms with Gasteiger partial charge in [-0.3, -0.25) is 0 Å². The van der Waals surface area contributed by atoms with E-state index in [1.165, 1.54) is 12.1 Å². The summed E-state index contributed by atoms with van der Waals surface area (Å²) in [6.07, 6.45) is 0.974. The van der Waals surface area contributed by atoms with Crippen LogP contribution in [0.2, 0.25) is 0 Å². The normalized spacial score (nSPS) is 24.8. The summed E-state index contributed by atoms with van der Waals surface area (Å²) in [5, 5.41) is 0.538. The quantitative estimate of drug-likeness (QED) is 0.776. The van der Waals surface area contributed by atoms with E-state index in [9.17, 15) is 13.2 Å². The molecule has 1 fully saturated rings. The Kier molecular flexibility index (Phi) is 3.38. The number of anilines is 1. The highest BCUT2D eigenvalue weighted by Gasteiger charge is 2.49. The van der Waals surface area contributed by atoms with E-state index in [4.69, 9.17) is 9.57 Å². The van der Waals surface area contributed by atoms with Crippen molar-refractivity contribution in [2.24, 2.45) is 0 Å². The molecule has 2 aliphatic heterocycles. The van der Waals surface area contributed by atoms with Crippen LogP contribution in [-0.2, 0) is 16.0 Å². The minimum Gasteiger partial charge on any atom is -0.350 e. The lowest BCUT2D eigenvalue weighted by Gasteiger charge is -2.32. The molecule has 20 heavy (non-hydrogen) atoms. The Labute approximate surface area is 115 Å². The topological polar surface area (TPSA) is 21.7 Å². The van der Waals surface area contributed by atoms with E-state index in [1.807, 2.05) is 0 Å². The summed E-state index contributed by atoms with van der Waals surface area (Å²) in [6.45, 7) is 2.16. The van der Waals surface area contributed by atoms with Gasteiger partial charge in [0.05, 0.1) is 12.1 Å². The number of benzene rings is 1. The van der Waals surface area contributed by atoms with Crippen LogP contribution in [0.3, 0.4) is 0 Å². The molecule has 1 unspecified atom stereocenters. The number of hydroxylamine groups is 1. The molecule has 3 nitrogen and oxygen atoms in total. The highest BCUT2D eigenvalue weighted by Crippen LogP contribution is 2.44. The number of nitrogens with zero attached hydrogens (tertiary/aromatic N) is 1. The highest BCUT2D eigenvalue weighted by atomic mass is 19.3. The van der Waals surface area contributed by atoms with Gasteiger partial charge in [-0.1, -0.05) is 6.07 Å². The number of fused-ring (bicyclic) bond motifs is 1. The van der Waals surface area contributed by atoms with E-state index < -0.39 is 24.6 Å². The van der Waals surface area contributed by atoms with Crippen molar-refractivity contribution in [1.29, 1.82) is 0 Å². The predicted octanol–water partition coefficient (Wildman–Crippen LogP) is 3.55. The first-order valence-electron chi connectivity index (χ1n) is 6.73. The molecule has 0 saturated carbocycles. The number of hydrogen-bond donors (Lipinski definition) is 0. The van der Waals surface area contributed by atoms with Crippen molar-refractivity contribution in [2.45, 2.75) is 44.9 Å². The first-order chi connectivity index (χ1) is 9.49. The number of hydrogen-bond acceptors (Lipinski definition) is 3. The third-order valence-corrected chi connectivity index (χ3v) is 3.68. The van der Waals surface area contributed by atoms with E-state index in [1.54, 1.807) is 6.92 Å². The number of halogens is 3. The number of ether oxygens (including phenoxy) is 1. The van der Waals surface area contributed by atoms with Gasteiger partial charge in [-0.2, -0.15) is 13.8 Å². The van der Waals surface area contributed by atoms with E-state index in [0.29, 0.717) is 23.7 Å². The fourth-order valence-electron chi connectivity index (χ4n) is 2.67. The highest BCUT2D eigenvalue weighted by molar-refractivity contribution is 5.63. The summed E-state index contributed by atoms with van der Waals surface area (Å²) in [6, 6.07) is -0.561. The lowest BCUT2D eigenvalue weighted by atomic mass is 10.1. The van der Waals surface area contributed by atoms with Crippen LogP contribution in [0.1, 0.15) is 30.4 Å². The first-order valence-corrected chi connectivity index (χ1v) is 6.73. The first kappa shape index (κ1) is 13.7. The summed E-state index contributed by atoms with van der Waals surface area (Å²) in [5.74, 6) is -0.624. The van der Waals surface area contributed by atoms with Crippen LogP contribution < -0.4 is 5.06 Å². The van der Waals surface area contributed by atoms with Crippen LogP contribution in [-0.4, -0.2) is 18.9 Å². The van der Waals surface area contributed by atoms with Crippen molar-refractivity contribution in [1.82, 2.24) is 0 Å². The molecule has 2 heterocycles. The maximum absolute atomic E-state index is 14.1. The zero-order chi connectivity index (χ0) is 14.3. The maximum atomic E-state index is 14.1. The second-order valence-corrected chi connectivity index (χ2v) is 5.23. The standard InChI is InChI=1S/C14H16F3NO2/c1-9-5-6-11(15)10-8-14(16,17)18(13(9)10)20-12-4-2-3-7-19-12/h5-6,12H,2-4,7-8H2,1H3. The molecule has 0 aliphatic carbocycles. The van der Waals surface area contributed by atoms with E-state index >= 15 is 0 Å². The Morgan fingerprint density at radius 2 is 2.15 bits per heavy atom. The largest absolute Gasteiger partial charge is 0.351 e. The molecule has 1 aromatic carbocycles. The fourth-order valence-corrected chi connectivity index (χ4v) is 2.67. The molecule has 2 aliphatic rings. The van der Waals surface area contributed by atoms with Crippen LogP contribution in [0.15, 0.2) is 12.1 Å². The average Bonchev–Trinajstić information content (AvgIpc) is 2.69. The predicted molar refractivity (Wildman–Crippen MR) is 66.9 cm³/mol. The van der Waals surface area contributed by atoms with Gasteiger partial charge in [0.25, 0.3) is 0 Å². The molecule has 1 aromatic rings. The van der Waals surface area contributed by atoms with Gasteiger partial charge in [0.15, 0.2) is 6.29 Å². The third-order valence-electron chi connectivity index (χ3n) is 3.68. The second kappa shape index (κ2) is 4.93. The molecule has 0 aromatic heterocycles. The Bertz CT molecular complexity index is 515. The van der Waals surface area contributed by atoms with Crippen LogP contribution in [0.25, 0.3) is 0 Å². The second-order valence-electron chi connectivity index (χ2n) is 5.23. The smallest absolute Gasteiger partial charge is 0.350 e. The number of rotatable bonds is 2. The number of aryl methyl sites for hydroxylation is 1. The van der Waals surface area contributed by atoms with Crippen molar-refractivity contribution in [3.63, 3.8) is 0 Å². The van der Waals surface area contributed by atoms with Crippen molar-refractivity contribution >= 4 is 5.69 Å². The van der Waals surface area contributed by atoms with Gasteiger partial charge in [-0.15, -0.1) is 0 Å². The Morgan fingerprint density at radius 3 is 2.85 bits per heavy atom. The average molecular weight is 287 g/mol. The van der Waals surface area contributed by atoms with Crippen molar-refractivity contribution in [3.05, 3.63) is 29.1 Å². The summed E-state index contributed by atoms with van der Waals surface area (Å²) in [7, 11) is 0. The Balaban J connectivity index is 1.92. The lowest BCUT2D eigenvalue weighted by molar-refractivity contribution is -0.211. The molecule has 110 valence electrons. The maximum Gasteiger partial charge on any atom is 0.351 e. The fraction of sp³-hybridized carbons (Fsp3) is 0.571. The minimum atomic E-state index is -3.25. The molecule has 3 rings (SSSR count). The third kappa shape index (κ3) is 2.27. The molecule has 1 saturated heterocycles. The number of alkyl halides is 2. The van der Waals surface area contributed by atoms with Gasteiger partial charge >= 0.3 is 6.05 Å². The lowest BCUT2D eigenvalue weighted by Crippen LogP contribution is -2.43. The van der Waals surface area contributed by atoms with Gasteiger partial charge in [0.2, 0.25) is 0 Å². The van der Waals surface area contributed by atoms with Crippen molar-refractivity contribution in [3.8, 4) is 0 Å². The van der Waals surface area contributed by atoms with Gasteiger partial charge in [-0.25, -0.2) is 9.23 Å². The van der Waals surface area contributed by atoms with Gasteiger partial charge in [-0.05, 0) is 31.4 Å². The van der Waals surface area contributed by atoms with E-state index in [2.05, 4.69) is 0 Å². The van der Waals surface area contributed by atoms with Crippen molar-refractivity contribution in [2.75, 3.05) is 11.7 Å². The molecular formula is C14H16F3NO2. The van der Waals surface area contributed by atoms with Crippen LogP contribution in [0.4, 0.5) is 18.9 Å². The summed E-state index contributed by atoms with van der Waals surface area (Å²) in [4.78, 5) is 5.32. The molecule has 1 atom stereocenters. The summed E-state index contributed by atoms with van der Waals surface area (Å²) >= 11 is 0. The van der Waals surface area contributed by atoms with Gasteiger partial charge in [0, 0.05) is 18.6 Å². The van der Waals surface area contributed by atoms with E-state index in [-0.39, 0.29) is 11.3 Å². The van der Waals surface area contributed by atoms with Gasteiger partial charge in [0.1, 0.15) is 5.82 Å². The zero-order valence-electron chi connectivity index (χ0n) is 11.2. The molecule has 0 radical (unpaired) electrons. The van der Waals surface area contributed by atoms with Crippen LogP contribution in [0, 0.1) is 12.7 Å². The SMILES string of the molecule is Cc1ccc(F)c2c1N(OC1CCCCO1)C(F)(F)C2. The Morgan fingerprint density at radius 1 is 1.35 bits per heavy atom. The summed E-state index contributed by atoms with van der Waals surface area (Å²) < 4.78 is 47.2. The molecule has 6 heteroatoms. The molecule has 0 amide bonds.